The van der Waals surface area contributed by atoms with Gasteiger partial charge in [-0.05, 0) is 69.7 Å². The summed E-state index contributed by atoms with van der Waals surface area (Å²) >= 11 is 12.2. The Morgan fingerprint density at radius 2 is 1.86 bits per heavy atom. The fourth-order valence-electron chi connectivity index (χ4n) is 4.41. The Hall–Kier alpha value is -1.99. The molecule has 1 aromatic carbocycles. The first-order chi connectivity index (χ1) is 16.1. The number of amides is 1. The van der Waals surface area contributed by atoms with Crippen molar-refractivity contribution in [3.63, 3.8) is 0 Å². The Morgan fingerprint density at radius 3 is 2.37 bits per heavy atom. The van der Waals surface area contributed by atoms with E-state index in [1.165, 1.54) is 6.08 Å². The maximum atomic E-state index is 13.7. The van der Waals surface area contributed by atoms with E-state index in [9.17, 15) is 22.8 Å². The van der Waals surface area contributed by atoms with Gasteiger partial charge in [0.2, 0.25) is 5.91 Å². The number of nitrogens with one attached hydrogen (secondary N) is 1. The molecule has 1 saturated carbocycles. The molecule has 3 atom stereocenters. The van der Waals surface area contributed by atoms with Gasteiger partial charge < -0.3 is 10.1 Å². The van der Waals surface area contributed by atoms with Crippen LogP contribution in [0.1, 0.15) is 58.9 Å². The maximum absolute atomic E-state index is 13.7. The molecule has 9 heteroatoms. The van der Waals surface area contributed by atoms with Gasteiger partial charge in [-0.15, -0.1) is 0 Å². The van der Waals surface area contributed by atoms with Crippen LogP contribution in [0.5, 0.6) is 0 Å². The third-order valence-corrected chi connectivity index (χ3v) is 7.11. The van der Waals surface area contributed by atoms with Crippen molar-refractivity contribution in [1.29, 1.82) is 0 Å². The first-order valence-corrected chi connectivity index (χ1v) is 12.3. The highest BCUT2D eigenvalue weighted by molar-refractivity contribution is 6.33. The van der Waals surface area contributed by atoms with Gasteiger partial charge >= 0.3 is 12.1 Å². The lowest BCUT2D eigenvalue weighted by molar-refractivity contribution is -0.188. The minimum Gasteiger partial charge on any atom is -0.460 e. The fourth-order valence-corrected chi connectivity index (χ4v) is 4.74. The molecular weight excluding hydrogens is 502 g/mol. The molecule has 0 bridgehead atoms. The first kappa shape index (κ1) is 27.6. The van der Waals surface area contributed by atoms with Crippen molar-refractivity contribution >= 4 is 40.8 Å². The van der Waals surface area contributed by atoms with Crippen LogP contribution in [0, 0.1) is 17.8 Å². The number of esters is 1. The average molecular weight is 532 g/mol. The molecule has 3 rings (SSSR count). The first-order valence-electron chi connectivity index (χ1n) is 11.5. The van der Waals surface area contributed by atoms with E-state index in [1.807, 2.05) is 0 Å². The minimum absolute atomic E-state index is 0.174. The van der Waals surface area contributed by atoms with Crippen LogP contribution in [-0.4, -0.2) is 23.7 Å². The van der Waals surface area contributed by atoms with Crippen LogP contribution in [0.15, 0.2) is 41.5 Å². The summed E-state index contributed by atoms with van der Waals surface area (Å²) in [4.78, 5) is 25.6. The van der Waals surface area contributed by atoms with Gasteiger partial charge in [0.25, 0.3) is 0 Å². The summed E-state index contributed by atoms with van der Waals surface area (Å²) in [5, 5.41) is 3.26. The number of alkyl halides is 3. The molecule has 0 saturated heterocycles. The zero-order valence-electron chi connectivity index (χ0n) is 20.1. The van der Waals surface area contributed by atoms with Crippen molar-refractivity contribution < 1.29 is 27.5 Å². The van der Waals surface area contributed by atoms with Crippen molar-refractivity contribution in [2.24, 2.45) is 17.8 Å². The third-order valence-electron chi connectivity index (χ3n) is 6.50. The summed E-state index contributed by atoms with van der Waals surface area (Å²) in [7, 11) is 0. The molecule has 0 radical (unpaired) electrons. The molecule has 1 N–H and O–H groups in total. The number of benzene rings is 1. The van der Waals surface area contributed by atoms with E-state index in [0.717, 1.165) is 25.3 Å². The Labute approximate surface area is 213 Å². The molecule has 35 heavy (non-hydrogen) atoms. The average Bonchev–Trinajstić information content (AvgIpc) is 3.49. The van der Waals surface area contributed by atoms with Gasteiger partial charge in [-0.2, -0.15) is 13.2 Å². The highest BCUT2D eigenvalue weighted by atomic mass is 35.5. The monoisotopic (exact) mass is 531 g/mol. The number of carbonyl (C=O) groups excluding carboxylic acids is 2. The lowest BCUT2D eigenvalue weighted by Crippen LogP contribution is -2.40. The predicted molar refractivity (Wildman–Crippen MR) is 131 cm³/mol. The second kappa shape index (κ2) is 10.2. The van der Waals surface area contributed by atoms with E-state index in [2.05, 4.69) is 5.32 Å². The van der Waals surface area contributed by atoms with Crippen molar-refractivity contribution in [3.8, 4) is 0 Å². The predicted octanol–water partition coefficient (Wildman–Crippen LogP) is 7.56. The van der Waals surface area contributed by atoms with E-state index in [4.69, 9.17) is 27.9 Å². The molecule has 0 heterocycles. The third kappa shape index (κ3) is 7.04. The Kier molecular flexibility index (Phi) is 8.02. The maximum Gasteiger partial charge on any atom is 0.392 e. The van der Waals surface area contributed by atoms with Crippen molar-refractivity contribution in [1.82, 2.24) is 0 Å². The largest absolute Gasteiger partial charge is 0.460 e. The number of carbonyl (C=O) groups is 2. The summed E-state index contributed by atoms with van der Waals surface area (Å²) < 4.78 is 46.4. The Bertz CT molecular complexity index is 1040. The number of rotatable bonds is 7. The van der Waals surface area contributed by atoms with E-state index >= 15 is 0 Å². The second-order valence-electron chi connectivity index (χ2n) is 10.4. The van der Waals surface area contributed by atoms with Gasteiger partial charge in [-0.1, -0.05) is 48.3 Å². The van der Waals surface area contributed by atoms with Gasteiger partial charge in [0.05, 0.1) is 29.0 Å². The molecule has 1 amide bonds. The SMILES string of the molecule is C[C@H]([C@H](C(=O)Nc1cc(C2(CC(=O)OC(C)(C)C)CC2)ccc1Cl)C1C=CC(Cl)=CC1)C(F)(F)F. The van der Waals surface area contributed by atoms with E-state index in [0.29, 0.717) is 5.03 Å². The molecule has 2 aliphatic carbocycles. The van der Waals surface area contributed by atoms with Crippen molar-refractivity contribution in [2.45, 2.75) is 70.6 Å². The minimum atomic E-state index is -4.56. The quantitative estimate of drug-likeness (QED) is 0.369. The topological polar surface area (TPSA) is 55.4 Å². The summed E-state index contributed by atoms with van der Waals surface area (Å²) in [6.45, 7) is 6.40. The van der Waals surface area contributed by atoms with Crippen LogP contribution in [0.2, 0.25) is 5.02 Å². The number of ether oxygens (including phenoxy) is 1. The number of halogens is 5. The smallest absolute Gasteiger partial charge is 0.392 e. The number of anilines is 1. The van der Waals surface area contributed by atoms with Gasteiger partial charge in [0.1, 0.15) is 5.60 Å². The fraction of sp³-hybridized carbons (Fsp3) is 0.538. The molecular formula is C26H30Cl2F3NO3. The molecule has 1 aromatic rings. The molecule has 0 aliphatic heterocycles. The zero-order valence-corrected chi connectivity index (χ0v) is 21.7. The van der Waals surface area contributed by atoms with Crippen LogP contribution in [0.25, 0.3) is 0 Å². The van der Waals surface area contributed by atoms with E-state index in [1.54, 1.807) is 51.1 Å². The summed E-state index contributed by atoms with van der Waals surface area (Å²) in [6.07, 6.45) is 2.03. The number of hydrogen-bond donors (Lipinski definition) is 1. The normalized spacial score (nSPS) is 21.1. The second-order valence-corrected chi connectivity index (χ2v) is 11.3. The molecule has 2 aliphatic rings. The Balaban J connectivity index is 1.83. The summed E-state index contributed by atoms with van der Waals surface area (Å²) in [5.41, 5.74) is -0.0320. The highest BCUT2D eigenvalue weighted by Gasteiger charge is 2.48. The highest BCUT2D eigenvalue weighted by Crippen LogP contribution is 2.52. The Morgan fingerprint density at radius 1 is 1.20 bits per heavy atom. The van der Waals surface area contributed by atoms with Crippen molar-refractivity contribution in [2.75, 3.05) is 5.32 Å². The van der Waals surface area contributed by atoms with Crippen LogP contribution in [0.4, 0.5) is 18.9 Å². The van der Waals surface area contributed by atoms with E-state index < -0.39 is 40.9 Å². The van der Waals surface area contributed by atoms with E-state index in [-0.39, 0.29) is 29.5 Å². The van der Waals surface area contributed by atoms with Gasteiger partial charge in [-0.25, -0.2) is 0 Å². The molecule has 1 fully saturated rings. The molecule has 0 aromatic heterocycles. The number of allylic oxidation sites excluding steroid dienone is 4. The summed E-state index contributed by atoms with van der Waals surface area (Å²) in [6, 6.07) is 5.02. The zero-order chi connectivity index (χ0) is 26.2. The lowest BCUT2D eigenvalue weighted by atomic mass is 9.78. The van der Waals surface area contributed by atoms with Gasteiger partial charge in [0.15, 0.2) is 0 Å². The summed E-state index contributed by atoms with van der Waals surface area (Å²) in [5.74, 6) is -5.02. The van der Waals surface area contributed by atoms with Crippen LogP contribution in [0.3, 0.4) is 0 Å². The molecule has 0 spiro atoms. The standard InChI is InChI=1S/C26H30Cl2F3NO3/c1-15(26(29,30)31)22(16-5-8-18(27)9-6-16)23(34)32-20-13-17(7-10-19(20)28)25(11-12-25)14-21(33)35-24(2,3)4/h5,7-10,13,15-16,22H,6,11-12,14H2,1-4H3,(H,32,34)/t15-,16?,22+/m1/s1. The van der Waals surface area contributed by atoms with Crippen LogP contribution >= 0.6 is 23.2 Å². The van der Waals surface area contributed by atoms with Crippen molar-refractivity contribution in [3.05, 3.63) is 52.0 Å². The van der Waals surface area contributed by atoms with Gasteiger partial charge in [0, 0.05) is 10.4 Å². The molecule has 1 unspecified atom stereocenters. The lowest BCUT2D eigenvalue weighted by Gasteiger charge is -2.31. The van der Waals surface area contributed by atoms with Gasteiger partial charge in [-0.3, -0.25) is 9.59 Å². The molecule has 4 nitrogen and oxygen atoms in total. The van der Waals surface area contributed by atoms with Crippen LogP contribution < -0.4 is 5.32 Å². The molecule has 192 valence electrons. The van der Waals surface area contributed by atoms with Crippen LogP contribution in [-0.2, 0) is 19.7 Å². The number of hydrogen-bond acceptors (Lipinski definition) is 3.